The van der Waals surface area contributed by atoms with Gasteiger partial charge in [-0.15, -0.1) is 0 Å². The number of nitrogens with one attached hydrogen (secondary N) is 1. The number of rotatable bonds is 8. The zero-order chi connectivity index (χ0) is 23.1. The quantitative estimate of drug-likeness (QED) is 0.241. The number of hydrogen-bond donors (Lipinski definition) is 1. The number of hydrazone groups is 1. The van der Waals surface area contributed by atoms with Crippen LogP contribution in [0.2, 0.25) is 0 Å². The van der Waals surface area contributed by atoms with E-state index in [0.29, 0.717) is 11.1 Å². The van der Waals surface area contributed by atoms with Crippen LogP contribution < -0.4 is 9.61 Å². The fourth-order valence-corrected chi connectivity index (χ4v) is 3.56. The molecule has 3 rings (SSSR count). The summed E-state index contributed by atoms with van der Waals surface area (Å²) >= 11 is 0. The van der Waals surface area contributed by atoms with Crippen LogP contribution in [0.1, 0.15) is 16.7 Å². The molecule has 0 saturated heterocycles. The highest BCUT2D eigenvalue weighted by molar-refractivity contribution is 7.87. The van der Waals surface area contributed by atoms with E-state index in [1.165, 1.54) is 54.7 Å². The van der Waals surface area contributed by atoms with E-state index in [1.54, 1.807) is 24.3 Å². The van der Waals surface area contributed by atoms with Crippen LogP contribution in [0.5, 0.6) is 5.75 Å². The first-order valence-corrected chi connectivity index (χ1v) is 10.8. The summed E-state index contributed by atoms with van der Waals surface area (Å²) in [7, 11) is -3.94. The molecule has 0 spiro atoms. The molecule has 0 bridgehead atoms. The number of amides is 1. The molecule has 0 aliphatic rings. The molecule has 1 N–H and O–H groups in total. The second-order valence-corrected chi connectivity index (χ2v) is 8.36. The molecule has 0 aliphatic heterocycles. The van der Waals surface area contributed by atoms with E-state index in [9.17, 15) is 23.3 Å². The van der Waals surface area contributed by atoms with Crippen LogP contribution >= 0.6 is 0 Å². The molecule has 0 unspecified atom stereocenters. The number of benzene rings is 3. The first kappa shape index (κ1) is 22.6. The van der Waals surface area contributed by atoms with Crippen molar-refractivity contribution in [2.75, 3.05) is 0 Å². The Balaban J connectivity index is 1.54. The molecular formula is C22H19N3O6S. The number of nitrogens with zero attached hydrogens (tertiary/aromatic N) is 2. The highest BCUT2D eigenvalue weighted by Gasteiger charge is 2.16. The van der Waals surface area contributed by atoms with Crippen molar-refractivity contribution in [2.45, 2.75) is 18.2 Å². The topological polar surface area (TPSA) is 128 Å². The maximum atomic E-state index is 12.3. The molecule has 0 radical (unpaired) electrons. The Morgan fingerprint density at radius 1 is 1.03 bits per heavy atom. The molecule has 0 atom stereocenters. The largest absolute Gasteiger partial charge is 0.379 e. The zero-order valence-corrected chi connectivity index (χ0v) is 17.8. The number of non-ortho nitro benzene ring substituents is 1. The monoisotopic (exact) mass is 453 g/mol. The van der Waals surface area contributed by atoms with E-state index in [0.717, 1.165) is 5.56 Å². The van der Waals surface area contributed by atoms with Gasteiger partial charge >= 0.3 is 10.1 Å². The van der Waals surface area contributed by atoms with Crippen molar-refractivity contribution < 1.29 is 22.3 Å². The predicted octanol–water partition coefficient (Wildman–Crippen LogP) is 3.36. The van der Waals surface area contributed by atoms with Crippen LogP contribution in [0, 0.1) is 17.0 Å². The third kappa shape index (κ3) is 6.22. The number of nitro groups is 1. The van der Waals surface area contributed by atoms with E-state index in [-0.39, 0.29) is 28.7 Å². The molecule has 1 amide bonds. The fraction of sp³-hybridized carbons (Fsp3) is 0.0909. The van der Waals surface area contributed by atoms with Gasteiger partial charge in [-0.3, -0.25) is 14.9 Å². The Labute approximate surface area is 184 Å². The van der Waals surface area contributed by atoms with E-state index < -0.39 is 15.0 Å². The number of nitro benzene ring substituents is 1. The van der Waals surface area contributed by atoms with Crippen molar-refractivity contribution in [3.8, 4) is 5.75 Å². The van der Waals surface area contributed by atoms with E-state index >= 15 is 0 Å². The third-order valence-electron chi connectivity index (χ3n) is 4.31. The molecule has 164 valence electrons. The Kier molecular flexibility index (Phi) is 6.96. The minimum absolute atomic E-state index is 0.0129. The lowest BCUT2D eigenvalue weighted by Crippen LogP contribution is -2.19. The van der Waals surface area contributed by atoms with Crippen molar-refractivity contribution >= 4 is 27.9 Å². The highest BCUT2D eigenvalue weighted by atomic mass is 32.2. The van der Waals surface area contributed by atoms with Gasteiger partial charge in [-0.2, -0.15) is 13.5 Å². The Hall–Kier alpha value is -4.05. The summed E-state index contributed by atoms with van der Waals surface area (Å²) in [5, 5.41) is 14.5. The average Bonchev–Trinajstić information content (AvgIpc) is 2.75. The predicted molar refractivity (Wildman–Crippen MR) is 118 cm³/mol. The lowest BCUT2D eigenvalue weighted by Gasteiger charge is -2.07. The van der Waals surface area contributed by atoms with Crippen molar-refractivity contribution in [1.82, 2.24) is 5.43 Å². The Bertz CT molecular complexity index is 1240. The van der Waals surface area contributed by atoms with Gasteiger partial charge in [0.15, 0.2) is 0 Å². The first-order chi connectivity index (χ1) is 15.2. The van der Waals surface area contributed by atoms with Crippen molar-refractivity contribution in [3.63, 3.8) is 0 Å². The summed E-state index contributed by atoms with van der Waals surface area (Å²) < 4.78 is 29.8. The summed E-state index contributed by atoms with van der Waals surface area (Å²) in [5.74, 6) is -0.246. The molecule has 0 heterocycles. The maximum Gasteiger partial charge on any atom is 0.339 e. The molecule has 0 saturated carbocycles. The van der Waals surface area contributed by atoms with E-state index in [2.05, 4.69) is 10.5 Å². The minimum atomic E-state index is -3.94. The van der Waals surface area contributed by atoms with Crippen molar-refractivity contribution in [3.05, 3.63) is 99.6 Å². The zero-order valence-electron chi connectivity index (χ0n) is 17.0. The van der Waals surface area contributed by atoms with Gasteiger partial charge in [0.1, 0.15) is 10.6 Å². The Morgan fingerprint density at radius 2 is 1.66 bits per heavy atom. The SMILES string of the molecule is Cc1ccc(S(=O)(=O)Oc2ccc(/C=N\NC(=O)Cc3ccc([N+](=O)[O-])cc3)cc2)cc1. The van der Waals surface area contributed by atoms with Crippen LogP contribution in [0.15, 0.2) is 82.8 Å². The average molecular weight is 453 g/mol. The molecule has 3 aromatic rings. The van der Waals surface area contributed by atoms with Crippen LogP contribution in [0.4, 0.5) is 5.69 Å². The second kappa shape index (κ2) is 9.84. The molecule has 0 fully saturated rings. The Morgan fingerprint density at radius 3 is 2.25 bits per heavy atom. The standard InChI is InChI=1S/C22H19N3O6S/c1-16-2-12-21(13-3-16)32(29,30)31-20-10-6-18(7-11-20)15-23-24-22(26)14-17-4-8-19(9-5-17)25(27)28/h2-13,15H,14H2,1H3,(H,24,26)/b23-15-. The summed E-state index contributed by atoms with van der Waals surface area (Å²) in [5.41, 5.74) is 4.48. The van der Waals surface area contributed by atoms with Crippen LogP contribution in [0.25, 0.3) is 0 Å². The van der Waals surface area contributed by atoms with Gasteiger partial charge in [0.25, 0.3) is 5.69 Å². The van der Waals surface area contributed by atoms with Gasteiger partial charge in [0, 0.05) is 12.1 Å². The van der Waals surface area contributed by atoms with Gasteiger partial charge in [-0.1, -0.05) is 29.8 Å². The summed E-state index contributed by atoms with van der Waals surface area (Å²) in [4.78, 5) is 22.1. The van der Waals surface area contributed by atoms with E-state index in [1.807, 2.05) is 6.92 Å². The van der Waals surface area contributed by atoms with Crippen molar-refractivity contribution in [1.29, 1.82) is 0 Å². The molecule has 9 nitrogen and oxygen atoms in total. The van der Waals surface area contributed by atoms with E-state index in [4.69, 9.17) is 4.18 Å². The summed E-state index contributed by atoms with van der Waals surface area (Å²) in [6.45, 7) is 1.86. The maximum absolute atomic E-state index is 12.3. The summed E-state index contributed by atoms with van der Waals surface area (Å²) in [6, 6.07) is 18.1. The van der Waals surface area contributed by atoms with Crippen LogP contribution in [-0.4, -0.2) is 25.5 Å². The molecule has 0 aliphatic carbocycles. The number of carbonyl (C=O) groups is 1. The molecule has 3 aromatic carbocycles. The van der Waals surface area contributed by atoms with Gasteiger partial charge < -0.3 is 4.18 Å². The van der Waals surface area contributed by atoms with Gasteiger partial charge in [0.2, 0.25) is 5.91 Å². The normalized spacial score (nSPS) is 11.3. The minimum Gasteiger partial charge on any atom is -0.379 e. The van der Waals surface area contributed by atoms with Crippen LogP contribution in [0.3, 0.4) is 0 Å². The van der Waals surface area contributed by atoms with Gasteiger partial charge in [-0.05, 0) is 54.4 Å². The number of hydrogen-bond acceptors (Lipinski definition) is 7. The molecule has 0 aromatic heterocycles. The van der Waals surface area contributed by atoms with Gasteiger partial charge in [0.05, 0.1) is 17.6 Å². The summed E-state index contributed by atoms with van der Waals surface area (Å²) in [6.07, 6.45) is 1.41. The third-order valence-corrected chi connectivity index (χ3v) is 5.57. The van der Waals surface area contributed by atoms with Crippen LogP contribution in [-0.2, 0) is 21.3 Å². The number of aryl methyl sites for hydroxylation is 1. The smallest absolute Gasteiger partial charge is 0.339 e. The lowest BCUT2D eigenvalue weighted by atomic mass is 10.1. The number of carbonyl (C=O) groups excluding carboxylic acids is 1. The highest BCUT2D eigenvalue weighted by Crippen LogP contribution is 2.19. The lowest BCUT2D eigenvalue weighted by molar-refractivity contribution is -0.384. The first-order valence-electron chi connectivity index (χ1n) is 9.39. The van der Waals surface area contributed by atoms with Gasteiger partial charge in [-0.25, -0.2) is 5.43 Å². The molecular weight excluding hydrogens is 434 g/mol. The van der Waals surface area contributed by atoms with Crippen molar-refractivity contribution in [2.24, 2.45) is 5.10 Å². The second-order valence-electron chi connectivity index (χ2n) is 6.81. The fourth-order valence-electron chi connectivity index (χ4n) is 2.63. The molecule has 32 heavy (non-hydrogen) atoms. The molecule has 10 heteroatoms.